The van der Waals surface area contributed by atoms with E-state index in [1.165, 1.54) is 11.3 Å². The van der Waals surface area contributed by atoms with E-state index in [1.54, 1.807) is 18.4 Å². The molecule has 0 aliphatic carbocycles. The van der Waals surface area contributed by atoms with Crippen LogP contribution in [0.25, 0.3) is 6.08 Å². The number of aliphatic hydroxyl groups excluding tert-OH is 2. The van der Waals surface area contributed by atoms with Crippen LogP contribution in [0.4, 0.5) is 0 Å². The number of hydrogen-bond donors (Lipinski definition) is 3. The Hall–Kier alpha value is -1.65. The van der Waals surface area contributed by atoms with Crippen LogP contribution in [-0.4, -0.2) is 56.2 Å². The minimum Gasteiger partial charge on any atom is -0.455 e. The number of rotatable bonds is 3. The Labute approximate surface area is 211 Å². The summed E-state index contributed by atoms with van der Waals surface area (Å²) in [4.78, 5) is 30.2. The molecule has 0 bridgehead atoms. The van der Waals surface area contributed by atoms with Crippen molar-refractivity contribution in [2.24, 2.45) is 17.3 Å². The van der Waals surface area contributed by atoms with E-state index >= 15 is 0 Å². The number of thiazole rings is 1. The number of esters is 1. The van der Waals surface area contributed by atoms with E-state index in [9.17, 15) is 24.9 Å². The monoisotopic (exact) mass is 509 g/mol. The molecular formula is C26H39NO7S. The van der Waals surface area contributed by atoms with Gasteiger partial charge in [0, 0.05) is 23.1 Å². The van der Waals surface area contributed by atoms with Gasteiger partial charge >= 0.3 is 5.97 Å². The maximum atomic E-state index is 13.1. The summed E-state index contributed by atoms with van der Waals surface area (Å²) in [5, 5.41) is 33.6. The summed E-state index contributed by atoms with van der Waals surface area (Å²) in [6, 6.07) is 0. The van der Waals surface area contributed by atoms with Gasteiger partial charge in [-0.1, -0.05) is 40.5 Å². The lowest BCUT2D eigenvalue weighted by molar-refractivity contribution is -0.165. The summed E-state index contributed by atoms with van der Waals surface area (Å²) < 4.78 is 11.2. The highest BCUT2D eigenvalue weighted by Gasteiger charge is 2.63. The molecule has 3 heterocycles. The van der Waals surface area contributed by atoms with Gasteiger partial charge in [0.2, 0.25) is 5.79 Å². The summed E-state index contributed by atoms with van der Waals surface area (Å²) in [5.74, 6) is -1.99. The quantitative estimate of drug-likeness (QED) is 0.416. The van der Waals surface area contributed by atoms with E-state index < -0.39 is 35.5 Å². The number of carbonyl (C=O) groups excluding carboxylic acids is 2. The number of cyclic esters (lactones) is 1. The second-order valence-corrected chi connectivity index (χ2v) is 11.8. The van der Waals surface area contributed by atoms with Crippen LogP contribution in [-0.2, 0) is 25.7 Å². The zero-order valence-electron chi connectivity index (χ0n) is 21.3. The summed E-state index contributed by atoms with van der Waals surface area (Å²) in [7, 11) is 0. The highest BCUT2D eigenvalue weighted by Crippen LogP contribution is 2.43. The molecule has 2 fully saturated rings. The van der Waals surface area contributed by atoms with Crippen LogP contribution < -0.4 is 0 Å². The molecule has 2 aliphatic rings. The number of aromatic nitrogens is 1. The zero-order chi connectivity index (χ0) is 26.0. The van der Waals surface area contributed by atoms with Crippen molar-refractivity contribution in [1.82, 2.24) is 4.98 Å². The number of epoxide rings is 1. The maximum absolute atomic E-state index is 13.1. The maximum Gasteiger partial charge on any atom is 0.306 e. The van der Waals surface area contributed by atoms with E-state index in [0.29, 0.717) is 35.0 Å². The van der Waals surface area contributed by atoms with Gasteiger partial charge in [0.1, 0.15) is 16.9 Å². The third kappa shape index (κ3) is 6.77. The molecule has 0 saturated carbocycles. The molecule has 196 valence electrons. The van der Waals surface area contributed by atoms with Crippen LogP contribution in [0.2, 0.25) is 0 Å². The number of nitrogens with zero attached hydrogens (tertiary/aromatic N) is 1. The Morgan fingerprint density at radius 1 is 1.29 bits per heavy atom. The molecule has 0 amide bonds. The Kier molecular flexibility index (Phi) is 8.91. The Morgan fingerprint density at radius 3 is 2.66 bits per heavy atom. The van der Waals surface area contributed by atoms with Crippen molar-refractivity contribution in [3.63, 3.8) is 0 Å². The van der Waals surface area contributed by atoms with E-state index in [2.05, 4.69) is 11.9 Å². The van der Waals surface area contributed by atoms with Gasteiger partial charge in [0.25, 0.3) is 0 Å². The fourth-order valence-corrected chi connectivity index (χ4v) is 5.62. The topological polar surface area (TPSA) is 129 Å². The van der Waals surface area contributed by atoms with Crippen molar-refractivity contribution in [2.75, 3.05) is 0 Å². The third-order valence-corrected chi connectivity index (χ3v) is 8.07. The summed E-state index contributed by atoms with van der Waals surface area (Å²) in [6.45, 7) is 9.30. The van der Waals surface area contributed by atoms with E-state index in [4.69, 9.17) is 9.47 Å². The fourth-order valence-electron chi connectivity index (χ4n) is 5.01. The van der Waals surface area contributed by atoms with Gasteiger partial charge in [0.05, 0.1) is 12.3 Å². The first-order valence-electron chi connectivity index (χ1n) is 12.4. The number of ketones is 1. The second kappa shape index (κ2) is 11.2. The highest BCUT2D eigenvalue weighted by atomic mass is 32.1. The molecule has 1 aromatic rings. The average Bonchev–Trinajstić information content (AvgIpc) is 3.24. The SMILES string of the molecule is CC(=Cc1csc(CO)n1)C1OC(=O)CCC(C)(C)C(=O)C(C)CC(C)CCCC2OC2(O)C1O. The molecule has 3 N–H and O–H groups in total. The molecule has 6 unspecified atom stereocenters. The van der Waals surface area contributed by atoms with E-state index in [0.717, 1.165) is 19.3 Å². The molecule has 1 aromatic heterocycles. The van der Waals surface area contributed by atoms with Crippen LogP contribution in [0.5, 0.6) is 0 Å². The minimum atomic E-state index is -1.79. The average molecular weight is 510 g/mol. The fraction of sp³-hybridized carbons (Fsp3) is 0.731. The smallest absolute Gasteiger partial charge is 0.306 e. The van der Waals surface area contributed by atoms with Crippen molar-refractivity contribution in [3.8, 4) is 0 Å². The molecule has 8 nitrogen and oxygen atoms in total. The molecule has 2 aliphatic heterocycles. The number of aliphatic hydroxyl groups is 3. The lowest BCUT2D eigenvalue weighted by Gasteiger charge is -2.29. The molecule has 0 aromatic carbocycles. The molecule has 0 radical (unpaired) electrons. The van der Waals surface area contributed by atoms with Crippen LogP contribution in [0.1, 0.15) is 83.8 Å². The summed E-state index contributed by atoms with van der Waals surface area (Å²) >= 11 is 1.29. The minimum absolute atomic E-state index is 0.00555. The predicted octanol–water partition coefficient (Wildman–Crippen LogP) is 3.62. The van der Waals surface area contributed by atoms with Gasteiger partial charge in [0.15, 0.2) is 12.2 Å². The van der Waals surface area contributed by atoms with Gasteiger partial charge in [-0.2, -0.15) is 0 Å². The predicted molar refractivity (Wildman–Crippen MR) is 132 cm³/mol. The van der Waals surface area contributed by atoms with Gasteiger partial charge in [-0.3, -0.25) is 9.59 Å². The largest absolute Gasteiger partial charge is 0.455 e. The summed E-state index contributed by atoms with van der Waals surface area (Å²) in [6.07, 6.45) is 1.80. The molecule has 0 spiro atoms. The first kappa shape index (κ1) is 27.9. The van der Waals surface area contributed by atoms with Crippen LogP contribution in [0.3, 0.4) is 0 Å². The summed E-state index contributed by atoms with van der Waals surface area (Å²) in [5.41, 5.74) is 0.363. The molecule has 35 heavy (non-hydrogen) atoms. The molecule has 3 rings (SSSR count). The standard InChI is InChI=1S/C26H39NO7S/c1-15-7-6-8-19-26(32,34-19)24(31)22(16(2)12-18-14-35-20(13-28)27-18)33-21(29)9-10-25(4,5)23(30)17(3)11-15/h12,14-15,17,19,22,24,28,31-32H,6-11,13H2,1-5H3. The number of carbonyl (C=O) groups is 2. The zero-order valence-corrected chi connectivity index (χ0v) is 22.1. The van der Waals surface area contributed by atoms with Gasteiger partial charge < -0.3 is 24.8 Å². The van der Waals surface area contributed by atoms with Gasteiger partial charge in [-0.15, -0.1) is 11.3 Å². The second-order valence-electron chi connectivity index (χ2n) is 10.8. The molecule has 9 heteroatoms. The molecular weight excluding hydrogens is 470 g/mol. The lowest BCUT2D eigenvalue weighted by Crippen LogP contribution is -2.45. The van der Waals surface area contributed by atoms with Crippen LogP contribution >= 0.6 is 11.3 Å². The Morgan fingerprint density at radius 2 is 2.00 bits per heavy atom. The van der Waals surface area contributed by atoms with E-state index in [-0.39, 0.29) is 24.7 Å². The number of Topliss-reactive ketones (excluding diaryl/α,β-unsaturated/α-hetero) is 1. The third-order valence-electron chi connectivity index (χ3n) is 7.22. The first-order chi connectivity index (χ1) is 16.4. The lowest BCUT2D eigenvalue weighted by atomic mass is 9.75. The first-order valence-corrected chi connectivity index (χ1v) is 13.3. The Balaban J connectivity index is 1.85. The van der Waals surface area contributed by atoms with Crippen molar-refractivity contribution >= 4 is 29.2 Å². The Bertz CT molecular complexity index is 942. The molecule has 2 saturated heterocycles. The van der Waals surface area contributed by atoms with Crippen LogP contribution in [0, 0.1) is 17.3 Å². The normalized spacial score (nSPS) is 35.3. The van der Waals surface area contributed by atoms with Crippen molar-refractivity contribution in [1.29, 1.82) is 0 Å². The van der Waals surface area contributed by atoms with Crippen molar-refractivity contribution in [3.05, 3.63) is 21.7 Å². The van der Waals surface area contributed by atoms with Gasteiger partial charge in [-0.25, -0.2) is 4.98 Å². The highest BCUT2D eigenvalue weighted by molar-refractivity contribution is 7.09. The number of hydrogen-bond acceptors (Lipinski definition) is 9. The number of ether oxygens (including phenoxy) is 2. The van der Waals surface area contributed by atoms with Crippen molar-refractivity contribution in [2.45, 2.75) is 104 Å². The van der Waals surface area contributed by atoms with E-state index in [1.807, 2.05) is 20.8 Å². The van der Waals surface area contributed by atoms with Gasteiger partial charge in [-0.05, 0) is 43.8 Å². The van der Waals surface area contributed by atoms with Crippen molar-refractivity contribution < 1.29 is 34.4 Å². The van der Waals surface area contributed by atoms with Crippen LogP contribution in [0.15, 0.2) is 11.0 Å². The number of fused-ring (bicyclic) bond motifs is 1. The molecule has 6 atom stereocenters.